The number of nitrogens with zero attached hydrogens (tertiary/aromatic N) is 2. The third kappa shape index (κ3) is 4.77. The van der Waals surface area contributed by atoms with Crippen molar-refractivity contribution >= 4 is 23.3 Å². The number of amides is 1. The van der Waals surface area contributed by atoms with E-state index in [0.29, 0.717) is 22.9 Å². The fourth-order valence-electron chi connectivity index (χ4n) is 2.25. The molecule has 5 nitrogen and oxygen atoms in total. The highest BCUT2D eigenvalue weighted by molar-refractivity contribution is 6.30. The van der Waals surface area contributed by atoms with E-state index in [4.69, 9.17) is 11.6 Å². The Morgan fingerprint density at radius 3 is 2.42 bits per heavy atom. The zero-order chi connectivity index (χ0) is 18.4. The van der Waals surface area contributed by atoms with Crippen LogP contribution >= 0.6 is 11.6 Å². The summed E-state index contributed by atoms with van der Waals surface area (Å²) in [5, 5.41) is 14.3. The number of carbonyl (C=O) groups is 1. The molecule has 1 amide bonds. The van der Waals surface area contributed by atoms with Crippen LogP contribution in [-0.4, -0.2) is 16.1 Å². The van der Waals surface area contributed by atoms with Gasteiger partial charge in [0.2, 0.25) is 0 Å². The summed E-state index contributed by atoms with van der Waals surface area (Å²) in [7, 11) is 0. The third-order valence-electron chi connectivity index (χ3n) is 3.68. The van der Waals surface area contributed by atoms with E-state index in [-0.39, 0.29) is 18.1 Å². The zero-order valence-corrected chi connectivity index (χ0v) is 14.5. The molecule has 1 aromatic heterocycles. The van der Waals surface area contributed by atoms with Crippen molar-refractivity contribution in [2.24, 2.45) is 0 Å². The van der Waals surface area contributed by atoms with Gasteiger partial charge in [0.1, 0.15) is 11.6 Å². The molecular weight excluding hydrogens is 355 g/mol. The largest absolute Gasteiger partial charge is 0.365 e. The van der Waals surface area contributed by atoms with Gasteiger partial charge in [-0.2, -0.15) is 0 Å². The summed E-state index contributed by atoms with van der Waals surface area (Å²) in [6.45, 7) is 0.647. The van der Waals surface area contributed by atoms with Gasteiger partial charge in [0.05, 0.1) is 0 Å². The van der Waals surface area contributed by atoms with E-state index in [1.165, 1.54) is 6.07 Å². The maximum Gasteiger partial charge on any atom is 0.272 e. The van der Waals surface area contributed by atoms with E-state index in [0.717, 1.165) is 5.56 Å². The van der Waals surface area contributed by atoms with E-state index in [2.05, 4.69) is 20.8 Å². The van der Waals surface area contributed by atoms with Crippen molar-refractivity contribution in [2.45, 2.75) is 13.1 Å². The van der Waals surface area contributed by atoms with Crippen LogP contribution in [0.25, 0.3) is 0 Å². The number of aromatic nitrogens is 2. The quantitative estimate of drug-likeness (QED) is 0.692. The molecule has 0 saturated carbocycles. The van der Waals surface area contributed by atoms with Gasteiger partial charge in [-0.05, 0) is 35.9 Å². The third-order valence-corrected chi connectivity index (χ3v) is 3.93. The highest BCUT2D eigenvalue weighted by atomic mass is 35.5. The lowest BCUT2D eigenvalue weighted by atomic mass is 10.2. The molecule has 1 heterocycles. The maximum absolute atomic E-state index is 13.5. The van der Waals surface area contributed by atoms with Crippen molar-refractivity contribution in [1.29, 1.82) is 0 Å². The van der Waals surface area contributed by atoms with Gasteiger partial charge in [-0.25, -0.2) is 4.39 Å². The number of hydrogen-bond acceptors (Lipinski definition) is 4. The number of rotatable bonds is 6. The molecule has 0 aliphatic carbocycles. The first kappa shape index (κ1) is 17.8. The Morgan fingerprint density at radius 2 is 1.73 bits per heavy atom. The fourth-order valence-corrected chi connectivity index (χ4v) is 2.38. The SMILES string of the molecule is O=C(NCc1ccccc1F)c1ccc(NCc2ccc(Cl)cc2)nn1. The van der Waals surface area contributed by atoms with Gasteiger partial charge in [0.15, 0.2) is 5.69 Å². The highest BCUT2D eigenvalue weighted by Gasteiger charge is 2.09. The molecule has 3 aromatic rings. The Labute approximate surface area is 155 Å². The van der Waals surface area contributed by atoms with Crippen LogP contribution in [0.2, 0.25) is 5.02 Å². The van der Waals surface area contributed by atoms with E-state index in [1.54, 1.807) is 30.3 Å². The standard InChI is InChI=1S/C19H16ClFN4O/c20-15-7-5-13(6-8-15)11-22-18-10-9-17(24-25-18)19(26)23-12-14-3-1-2-4-16(14)21/h1-10H,11-12H2,(H,22,25)(H,23,26). The van der Waals surface area contributed by atoms with E-state index >= 15 is 0 Å². The van der Waals surface area contributed by atoms with Crippen molar-refractivity contribution in [2.75, 3.05) is 5.32 Å². The lowest BCUT2D eigenvalue weighted by Gasteiger charge is -2.07. The average Bonchev–Trinajstić information content (AvgIpc) is 2.67. The second kappa shape index (κ2) is 8.40. The summed E-state index contributed by atoms with van der Waals surface area (Å²) in [6.07, 6.45) is 0. The van der Waals surface area contributed by atoms with Crippen molar-refractivity contribution in [1.82, 2.24) is 15.5 Å². The van der Waals surface area contributed by atoms with Crippen molar-refractivity contribution in [3.63, 3.8) is 0 Å². The van der Waals surface area contributed by atoms with Crippen LogP contribution in [0, 0.1) is 5.82 Å². The molecule has 0 aliphatic heterocycles. The normalized spacial score (nSPS) is 10.4. The minimum absolute atomic E-state index is 0.0871. The van der Waals surface area contributed by atoms with Crippen LogP contribution in [0.3, 0.4) is 0 Å². The molecule has 3 rings (SSSR count). The van der Waals surface area contributed by atoms with Crippen LogP contribution in [0.1, 0.15) is 21.6 Å². The lowest BCUT2D eigenvalue weighted by Crippen LogP contribution is -2.24. The van der Waals surface area contributed by atoms with Crippen LogP contribution in [-0.2, 0) is 13.1 Å². The number of anilines is 1. The molecular formula is C19H16ClFN4O. The first-order chi connectivity index (χ1) is 12.6. The summed E-state index contributed by atoms with van der Waals surface area (Å²) < 4.78 is 13.5. The smallest absolute Gasteiger partial charge is 0.272 e. The minimum atomic E-state index is -0.412. The van der Waals surface area contributed by atoms with Gasteiger partial charge in [0.25, 0.3) is 5.91 Å². The topological polar surface area (TPSA) is 66.9 Å². The molecule has 2 N–H and O–H groups in total. The highest BCUT2D eigenvalue weighted by Crippen LogP contribution is 2.11. The zero-order valence-electron chi connectivity index (χ0n) is 13.7. The van der Waals surface area contributed by atoms with Crippen LogP contribution in [0.4, 0.5) is 10.2 Å². The summed E-state index contributed by atoms with van der Waals surface area (Å²) >= 11 is 5.85. The Morgan fingerprint density at radius 1 is 0.962 bits per heavy atom. The van der Waals surface area contributed by atoms with Gasteiger partial charge in [0, 0.05) is 23.7 Å². The minimum Gasteiger partial charge on any atom is -0.365 e. The predicted molar refractivity (Wildman–Crippen MR) is 98.4 cm³/mol. The average molecular weight is 371 g/mol. The number of hydrogen-bond donors (Lipinski definition) is 2. The number of carbonyl (C=O) groups excluding carboxylic acids is 1. The Hall–Kier alpha value is -2.99. The molecule has 0 radical (unpaired) electrons. The molecule has 132 valence electrons. The van der Waals surface area contributed by atoms with Crippen molar-refractivity contribution in [3.05, 3.63) is 88.3 Å². The fraction of sp³-hybridized carbons (Fsp3) is 0.105. The molecule has 0 spiro atoms. The number of halogens is 2. The van der Waals surface area contributed by atoms with Crippen LogP contribution in [0.15, 0.2) is 60.7 Å². The van der Waals surface area contributed by atoms with E-state index in [1.807, 2.05) is 24.3 Å². The van der Waals surface area contributed by atoms with Gasteiger partial charge in [-0.1, -0.05) is 41.9 Å². The molecule has 26 heavy (non-hydrogen) atoms. The van der Waals surface area contributed by atoms with E-state index < -0.39 is 5.91 Å². The second-order valence-electron chi connectivity index (χ2n) is 5.56. The van der Waals surface area contributed by atoms with Gasteiger partial charge >= 0.3 is 0 Å². The summed E-state index contributed by atoms with van der Waals surface area (Å²) in [5.74, 6) is -0.226. The summed E-state index contributed by atoms with van der Waals surface area (Å²) in [6, 6.07) is 17.0. The maximum atomic E-state index is 13.5. The first-order valence-electron chi connectivity index (χ1n) is 7.95. The summed E-state index contributed by atoms with van der Waals surface area (Å²) in [5.41, 5.74) is 1.62. The monoisotopic (exact) mass is 370 g/mol. The van der Waals surface area contributed by atoms with Crippen molar-refractivity contribution in [3.8, 4) is 0 Å². The Balaban J connectivity index is 1.54. The molecule has 0 aliphatic rings. The molecule has 0 unspecified atom stereocenters. The van der Waals surface area contributed by atoms with Crippen LogP contribution < -0.4 is 10.6 Å². The first-order valence-corrected chi connectivity index (χ1v) is 8.33. The van der Waals surface area contributed by atoms with Gasteiger partial charge in [-0.3, -0.25) is 4.79 Å². The molecule has 0 saturated heterocycles. The summed E-state index contributed by atoms with van der Waals surface area (Å²) in [4.78, 5) is 12.1. The van der Waals surface area contributed by atoms with Crippen molar-refractivity contribution < 1.29 is 9.18 Å². The molecule has 0 fully saturated rings. The Bertz CT molecular complexity index is 885. The lowest BCUT2D eigenvalue weighted by molar-refractivity contribution is 0.0944. The second-order valence-corrected chi connectivity index (χ2v) is 5.99. The van der Waals surface area contributed by atoms with E-state index in [9.17, 15) is 9.18 Å². The molecule has 2 aromatic carbocycles. The number of nitrogens with one attached hydrogen (secondary N) is 2. The van der Waals surface area contributed by atoms with Crippen LogP contribution in [0.5, 0.6) is 0 Å². The van der Waals surface area contributed by atoms with Gasteiger partial charge < -0.3 is 10.6 Å². The predicted octanol–water partition coefficient (Wildman–Crippen LogP) is 3.81. The number of benzene rings is 2. The van der Waals surface area contributed by atoms with Gasteiger partial charge in [-0.15, -0.1) is 10.2 Å². The Kier molecular flexibility index (Phi) is 5.76. The molecule has 0 atom stereocenters. The molecule has 7 heteroatoms. The molecule has 0 bridgehead atoms.